The lowest BCUT2D eigenvalue weighted by atomic mass is 10.1. The van der Waals surface area contributed by atoms with Gasteiger partial charge in [-0.1, -0.05) is 30.4 Å². The van der Waals surface area contributed by atoms with Gasteiger partial charge in [0.1, 0.15) is 4.88 Å². The first-order valence-corrected chi connectivity index (χ1v) is 7.22. The fourth-order valence-electron chi connectivity index (χ4n) is 1.81. The molecule has 0 spiro atoms. The minimum absolute atomic E-state index is 0.0763. The molecule has 1 amide bonds. The van der Waals surface area contributed by atoms with E-state index in [1.165, 1.54) is 0 Å². The van der Waals surface area contributed by atoms with Crippen LogP contribution >= 0.6 is 11.3 Å². The molecule has 0 aliphatic carbocycles. The highest BCUT2D eigenvalue weighted by molar-refractivity contribution is 7.18. The maximum Gasteiger partial charge on any atom is 0.348 e. The van der Waals surface area contributed by atoms with Crippen LogP contribution in [0.2, 0.25) is 0 Å². The molecule has 0 saturated heterocycles. The number of hydrogen-bond acceptors (Lipinski definition) is 5. The predicted octanol–water partition coefficient (Wildman–Crippen LogP) is 2.83. The lowest BCUT2D eigenvalue weighted by Crippen LogP contribution is -2.10. The number of aromatic carboxylic acids is 1. The van der Waals surface area contributed by atoms with Crippen molar-refractivity contribution >= 4 is 34.0 Å². The number of nitrogen functional groups attached to an aromatic ring is 1. The van der Waals surface area contributed by atoms with Crippen LogP contribution in [-0.4, -0.2) is 22.0 Å². The van der Waals surface area contributed by atoms with Gasteiger partial charge in [0, 0.05) is 17.7 Å². The molecule has 1 aromatic carbocycles. The topological polar surface area (TPSA) is 105 Å². The van der Waals surface area contributed by atoms with Crippen LogP contribution in [0.3, 0.4) is 0 Å². The second-order valence-corrected chi connectivity index (χ2v) is 5.42. The van der Waals surface area contributed by atoms with Crippen molar-refractivity contribution in [1.82, 2.24) is 4.98 Å². The summed E-state index contributed by atoms with van der Waals surface area (Å²) in [6.07, 6.45) is 1.08. The summed E-state index contributed by atoms with van der Waals surface area (Å²) >= 11 is 0.939. The number of carbonyl (C=O) groups excluding carboxylic acids is 1. The van der Waals surface area contributed by atoms with Crippen LogP contribution < -0.4 is 11.1 Å². The number of nitrogens with zero attached hydrogens (tertiary/aromatic N) is 1. The summed E-state index contributed by atoms with van der Waals surface area (Å²) in [5, 5.41) is 12.2. The summed E-state index contributed by atoms with van der Waals surface area (Å²) in [4.78, 5) is 27.2. The zero-order chi connectivity index (χ0) is 15.4. The van der Waals surface area contributed by atoms with Gasteiger partial charge in [0.2, 0.25) is 5.91 Å². The molecule has 110 valence electrons. The largest absolute Gasteiger partial charge is 0.477 e. The number of amides is 1. The SMILES string of the molecule is CCCC(=O)Nc1nc(-c2cccc(N)c2)c(C(=O)O)s1. The Labute approximate surface area is 125 Å². The van der Waals surface area contributed by atoms with E-state index >= 15 is 0 Å². The molecule has 0 bridgehead atoms. The van der Waals surface area contributed by atoms with Crippen molar-refractivity contribution in [3.63, 3.8) is 0 Å². The first-order chi connectivity index (χ1) is 10.0. The lowest BCUT2D eigenvalue weighted by Gasteiger charge is -2.00. The van der Waals surface area contributed by atoms with E-state index in [2.05, 4.69) is 10.3 Å². The lowest BCUT2D eigenvalue weighted by molar-refractivity contribution is -0.116. The number of hydrogen-bond donors (Lipinski definition) is 3. The molecule has 2 rings (SSSR count). The number of anilines is 2. The minimum Gasteiger partial charge on any atom is -0.477 e. The average Bonchev–Trinajstić information content (AvgIpc) is 2.83. The smallest absolute Gasteiger partial charge is 0.348 e. The number of rotatable bonds is 5. The molecule has 4 N–H and O–H groups in total. The fraction of sp³-hybridized carbons (Fsp3) is 0.214. The third kappa shape index (κ3) is 3.57. The van der Waals surface area contributed by atoms with Crippen molar-refractivity contribution in [2.45, 2.75) is 19.8 Å². The van der Waals surface area contributed by atoms with Crippen molar-refractivity contribution in [2.75, 3.05) is 11.1 Å². The Balaban J connectivity index is 2.38. The third-order valence-corrected chi connectivity index (χ3v) is 3.66. The highest BCUT2D eigenvalue weighted by Gasteiger charge is 2.19. The fourth-order valence-corrected chi connectivity index (χ4v) is 2.65. The van der Waals surface area contributed by atoms with Gasteiger partial charge in [0.15, 0.2) is 5.13 Å². The normalized spacial score (nSPS) is 10.3. The van der Waals surface area contributed by atoms with Gasteiger partial charge in [-0.15, -0.1) is 0 Å². The number of carboxylic acid groups (broad SMARTS) is 1. The van der Waals surface area contributed by atoms with Gasteiger partial charge in [-0.05, 0) is 18.6 Å². The molecule has 0 radical (unpaired) electrons. The van der Waals surface area contributed by atoms with E-state index in [-0.39, 0.29) is 15.9 Å². The number of nitrogens with one attached hydrogen (secondary N) is 1. The molecule has 1 heterocycles. The molecule has 1 aromatic heterocycles. The summed E-state index contributed by atoms with van der Waals surface area (Å²) in [6, 6.07) is 6.82. The second kappa shape index (κ2) is 6.36. The van der Waals surface area contributed by atoms with E-state index < -0.39 is 5.97 Å². The molecular formula is C14H15N3O3S. The van der Waals surface area contributed by atoms with E-state index in [1.54, 1.807) is 24.3 Å². The van der Waals surface area contributed by atoms with Gasteiger partial charge < -0.3 is 16.2 Å². The summed E-state index contributed by atoms with van der Waals surface area (Å²) in [5.41, 5.74) is 7.15. The van der Waals surface area contributed by atoms with Crippen molar-refractivity contribution in [1.29, 1.82) is 0 Å². The first kappa shape index (κ1) is 15.0. The van der Waals surface area contributed by atoms with E-state index in [0.717, 1.165) is 11.3 Å². The molecule has 6 nitrogen and oxygen atoms in total. The monoisotopic (exact) mass is 305 g/mol. The van der Waals surface area contributed by atoms with E-state index in [0.29, 0.717) is 29.8 Å². The summed E-state index contributed by atoms with van der Waals surface area (Å²) in [5.74, 6) is -1.26. The highest BCUT2D eigenvalue weighted by atomic mass is 32.1. The van der Waals surface area contributed by atoms with E-state index in [4.69, 9.17) is 5.73 Å². The van der Waals surface area contributed by atoms with Gasteiger partial charge in [-0.2, -0.15) is 0 Å². The third-order valence-electron chi connectivity index (χ3n) is 2.70. The van der Waals surface area contributed by atoms with Crippen molar-refractivity contribution in [3.8, 4) is 11.3 Å². The van der Waals surface area contributed by atoms with E-state index in [9.17, 15) is 14.7 Å². The van der Waals surface area contributed by atoms with Crippen molar-refractivity contribution < 1.29 is 14.7 Å². The molecule has 7 heteroatoms. The Kier molecular flexibility index (Phi) is 4.54. The highest BCUT2D eigenvalue weighted by Crippen LogP contribution is 2.32. The zero-order valence-corrected chi connectivity index (χ0v) is 12.2. The Bertz CT molecular complexity index is 682. The molecule has 21 heavy (non-hydrogen) atoms. The van der Waals surface area contributed by atoms with Gasteiger partial charge in [-0.3, -0.25) is 4.79 Å². The molecule has 0 aliphatic heterocycles. The van der Waals surface area contributed by atoms with Crippen LogP contribution in [0.5, 0.6) is 0 Å². The maximum absolute atomic E-state index is 11.6. The van der Waals surface area contributed by atoms with Crippen molar-refractivity contribution in [3.05, 3.63) is 29.1 Å². The van der Waals surface area contributed by atoms with E-state index in [1.807, 2.05) is 6.92 Å². The van der Waals surface area contributed by atoms with Crippen LogP contribution in [0.4, 0.5) is 10.8 Å². The van der Waals surface area contributed by atoms with Crippen molar-refractivity contribution in [2.24, 2.45) is 0 Å². The average molecular weight is 305 g/mol. The first-order valence-electron chi connectivity index (χ1n) is 6.41. The molecule has 0 aliphatic rings. The number of benzene rings is 1. The van der Waals surface area contributed by atoms with Crippen LogP contribution in [0.15, 0.2) is 24.3 Å². The number of thiazole rings is 1. The maximum atomic E-state index is 11.6. The quantitative estimate of drug-likeness (QED) is 0.737. The van der Waals surface area contributed by atoms with Crippen LogP contribution in [0, 0.1) is 0 Å². The van der Waals surface area contributed by atoms with Gasteiger partial charge in [-0.25, -0.2) is 9.78 Å². The summed E-state index contributed by atoms with van der Waals surface area (Å²) in [6.45, 7) is 1.89. The number of carbonyl (C=O) groups is 2. The molecular weight excluding hydrogens is 290 g/mol. The predicted molar refractivity (Wildman–Crippen MR) is 82.5 cm³/mol. The second-order valence-electron chi connectivity index (χ2n) is 4.43. The molecule has 0 atom stereocenters. The van der Waals surface area contributed by atoms with Crippen LogP contribution in [-0.2, 0) is 4.79 Å². The van der Waals surface area contributed by atoms with Gasteiger partial charge in [0.05, 0.1) is 5.69 Å². The van der Waals surface area contributed by atoms with Gasteiger partial charge >= 0.3 is 5.97 Å². The molecule has 0 saturated carbocycles. The van der Waals surface area contributed by atoms with Crippen LogP contribution in [0.1, 0.15) is 29.4 Å². The Morgan fingerprint density at radius 2 is 2.19 bits per heavy atom. The standard InChI is InChI=1S/C14H15N3O3S/c1-2-4-10(18)16-14-17-11(12(21-14)13(19)20)8-5-3-6-9(15)7-8/h3,5-7H,2,4,15H2,1H3,(H,19,20)(H,16,17,18). The number of aromatic nitrogens is 1. The zero-order valence-electron chi connectivity index (χ0n) is 11.4. The Morgan fingerprint density at radius 1 is 1.43 bits per heavy atom. The number of nitrogens with two attached hydrogens (primary N) is 1. The summed E-state index contributed by atoms with van der Waals surface area (Å²) in [7, 11) is 0. The Hall–Kier alpha value is -2.41. The minimum atomic E-state index is -1.08. The number of carboxylic acids is 1. The Morgan fingerprint density at radius 3 is 2.81 bits per heavy atom. The van der Waals surface area contributed by atoms with Crippen LogP contribution in [0.25, 0.3) is 11.3 Å². The molecule has 2 aromatic rings. The van der Waals surface area contributed by atoms with Gasteiger partial charge in [0.25, 0.3) is 0 Å². The summed E-state index contributed by atoms with van der Waals surface area (Å²) < 4.78 is 0. The molecule has 0 unspecified atom stereocenters. The molecule has 0 fully saturated rings.